The molecule has 0 radical (unpaired) electrons. The highest BCUT2D eigenvalue weighted by Gasteiger charge is 2.52. The molecule has 2 aromatic heterocycles. The summed E-state index contributed by atoms with van der Waals surface area (Å²) in [5.74, 6) is -0.0940. The summed E-state index contributed by atoms with van der Waals surface area (Å²) in [6, 6.07) is 18.7. The smallest absolute Gasteiger partial charge is 0.297 e. The number of H-pyrrole nitrogens is 1. The molecule has 5 saturated heterocycles. The number of nitrogens with one attached hydrogen (secondary N) is 2. The number of ether oxygens (including phenoxy) is 4. The van der Waals surface area contributed by atoms with Gasteiger partial charge in [-0.2, -0.15) is 4.98 Å². The molecule has 6 fully saturated rings. The van der Waals surface area contributed by atoms with Gasteiger partial charge >= 0.3 is 0 Å². The number of aromatic amines is 1. The van der Waals surface area contributed by atoms with E-state index in [9.17, 15) is 14.9 Å². The van der Waals surface area contributed by atoms with Crippen molar-refractivity contribution >= 4 is 55.2 Å². The standard InChI is InChI=1S/C53H61N9O9S/c1-30(2)37-6-3-4-7-38(37)40-8-5-15-60(40)34-22-53(23-34)12-16-58(17-13-53)41-10-9-39(50(54)63)48(61-43-18-31-11-14-55-51(31)57-52(43)71-46-29-68-28-44(46)61)49(41)72(66,67)36-20-42(62(64)65)47-45(21-36)70-26-32(56-47)24-59-25-35-19-33(59)27-69-35/h3-4,6-7,9-11,14,18,20-21,30,32-35,40,44,46,56H,5,8,12-13,15-17,19,22-29H2,1-2H3,(H2,54,63)(H,55,57)/t32-,33+,35+,40-,44+,46+/m0/s1. The summed E-state index contributed by atoms with van der Waals surface area (Å²) in [5, 5.41) is 17.2. The second-order valence-electron chi connectivity index (χ2n) is 21.8. The Kier molecular flexibility index (Phi) is 11.0. The maximum Gasteiger partial charge on any atom is 0.297 e. The molecule has 2 bridgehead atoms. The summed E-state index contributed by atoms with van der Waals surface area (Å²) in [6.45, 7) is 9.31. The molecular weight excluding hydrogens is 939 g/mol. The first kappa shape index (κ1) is 45.8. The van der Waals surface area contributed by atoms with Crippen LogP contribution in [0, 0.1) is 15.5 Å². The summed E-state index contributed by atoms with van der Waals surface area (Å²) < 4.78 is 56.8. The summed E-state index contributed by atoms with van der Waals surface area (Å²) in [7, 11) is -4.77. The van der Waals surface area contributed by atoms with Crippen molar-refractivity contribution in [2.75, 3.05) is 74.3 Å². The van der Waals surface area contributed by atoms with Crippen LogP contribution in [0.5, 0.6) is 11.6 Å². The Morgan fingerprint density at radius 2 is 1.83 bits per heavy atom. The molecule has 7 aliphatic heterocycles. The lowest BCUT2D eigenvalue weighted by molar-refractivity contribution is -0.384. The lowest BCUT2D eigenvalue weighted by Gasteiger charge is -2.56. The number of nitro groups is 1. The average Bonchev–Trinajstić information content (AvgIpc) is 4.24. The van der Waals surface area contributed by atoms with Gasteiger partial charge in [-0.1, -0.05) is 38.1 Å². The number of hydrogen-bond donors (Lipinski definition) is 3. The maximum atomic E-state index is 16.1. The Labute approximate surface area is 418 Å². The first-order valence-corrected chi connectivity index (χ1v) is 27.2. The Morgan fingerprint density at radius 1 is 1.00 bits per heavy atom. The number of primary amides is 1. The molecule has 5 aromatic rings. The summed E-state index contributed by atoms with van der Waals surface area (Å²) in [5.41, 5.74) is 10.4. The largest absolute Gasteiger partial charge is 0.489 e. The van der Waals surface area contributed by atoms with E-state index in [1.54, 1.807) is 18.3 Å². The Bertz CT molecular complexity index is 3110. The number of morpholine rings is 1. The molecule has 9 heterocycles. The van der Waals surface area contributed by atoms with Crippen LogP contribution in [-0.2, 0) is 19.3 Å². The molecule has 4 N–H and O–H groups in total. The number of carbonyl (C=O) groups excluding carboxylic acids is 1. The van der Waals surface area contributed by atoms with Crippen LogP contribution in [0.25, 0.3) is 11.0 Å². The second kappa shape index (κ2) is 17.3. The van der Waals surface area contributed by atoms with E-state index in [0.717, 1.165) is 63.1 Å². The van der Waals surface area contributed by atoms with E-state index in [2.05, 4.69) is 63.1 Å². The minimum atomic E-state index is -4.77. The number of nitrogens with two attached hydrogens (primary N) is 1. The van der Waals surface area contributed by atoms with E-state index in [1.807, 2.05) is 17.0 Å². The molecule has 18 nitrogen and oxygen atoms in total. The van der Waals surface area contributed by atoms with E-state index >= 15 is 8.42 Å². The number of nitro benzene ring substituents is 1. The fraction of sp³-hybridized carbons (Fsp3) is 0.509. The molecule has 1 spiro atoms. The third-order valence-electron chi connectivity index (χ3n) is 17.3. The lowest BCUT2D eigenvalue weighted by atomic mass is 9.59. The van der Waals surface area contributed by atoms with E-state index in [0.29, 0.717) is 61.3 Å². The zero-order valence-corrected chi connectivity index (χ0v) is 41.4. The number of carbonyl (C=O) groups is 1. The molecule has 13 rings (SSSR count). The zero-order valence-electron chi connectivity index (χ0n) is 40.6. The van der Waals surface area contributed by atoms with Crippen molar-refractivity contribution in [2.45, 2.75) is 117 Å². The average molecular weight is 1000 g/mol. The van der Waals surface area contributed by atoms with E-state index < -0.39 is 38.5 Å². The van der Waals surface area contributed by atoms with Gasteiger partial charge < -0.3 is 44.8 Å². The molecule has 1 aliphatic carbocycles. The van der Waals surface area contributed by atoms with Crippen LogP contribution >= 0.6 is 0 Å². The Balaban J connectivity index is 0.883. The van der Waals surface area contributed by atoms with Crippen LogP contribution in [0.15, 0.2) is 76.7 Å². The molecule has 3 aromatic carbocycles. The minimum absolute atomic E-state index is 0.0336. The monoisotopic (exact) mass is 999 g/mol. The highest BCUT2D eigenvalue weighted by molar-refractivity contribution is 7.91. The van der Waals surface area contributed by atoms with Crippen molar-refractivity contribution in [2.24, 2.45) is 11.1 Å². The fourth-order valence-electron chi connectivity index (χ4n) is 13.7. The van der Waals surface area contributed by atoms with Gasteiger partial charge in [-0.15, -0.1) is 0 Å². The van der Waals surface area contributed by atoms with Crippen LogP contribution in [-0.4, -0.2) is 135 Å². The van der Waals surface area contributed by atoms with Crippen LogP contribution in [0.3, 0.4) is 0 Å². The molecule has 19 heteroatoms. The third-order valence-corrected chi connectivity index (χ3v) is 19.1. The number of likely N-dealkylation sites (tertiary alicyclic amines) is 2. The van der Waals surface area contributed by atoms with Crippen LogP contribution in [0.4, 0.5) is 28.4 Å². The van der Waals surface area contributed by atoms with Gasteiger partial charge in [0.05, 0.1) is 64.8 Å². The van der Waals surface area contributed by atoms with Crippen molar-refractivity contribution in [3.05, 3.63) is 93.7 Å². The lowest BCUT2D eigenvalue weighted by Crippen LogP contribution is -2.55. The number of hydrogen-bond acceptors (Lipinski definition) is 15. The quantitative estimate of drug-likeness (QED) is 0.0894. The predicted molar refractivity (Wildman–Crippen MR) is 270 cm³/mol. The highest BCUT2D eigenvalue weighted by Crippen LogP contribution is 2.56. The Hall–Kier alpha value is -5.99. The molecule has 1 amide bonds. The normalized spacial score (nSPS) is 26.8. The molecule has 378 valence electrons. The van der Waals surface area contributed by atoms with Crippen LogP contribution < -0.4 is 30.3 Å². The number of aromatic nitrogens is 2. The summed E-state index contributed by atoms with van der Waals surface area (Å²) in [6.07, 6.45) is 8.51. The fourth-order valence-corrected chi connectivity index (χ4v) is 15.4. The molecule has 0 unspecified atom stereocenters. The number of sulfone groups is 1. The summed E-state index contributed by atoms with van der Waals surface area (Å²) in [4.78, 5) is 42.8. The number of rotatable bonds is 11. The topological polar surface area (TPSA) is 211 Å². The SMILES string of the molecule is CC(C)c1ccccc1[C@@H]1CCCN1C1CC2(CCN(c3ccc(C(N)=O)c(N4c5cc6cc[nH]c6nc5O[C@@H]5COC[C@H]54)c3S(=O)(=O)c3cc4c(c([N+](=O)[O-])c3)N[C@@H](CN3C[C@H]5C[C@@H]3CO5)CO4)CC2)C1. The van der Waals surface area contributed by atoms with Crippen LogP contribution in [0.2, 0.25) is 0 Å². The predicted octanol–water partition coefficient (Wildman–Crippen LogP) is 7.06. The van der Waals surface area contributed by atoms with Gasteiger partial charge in [-0.25, -0.2) is 8.42 Å². The number of benzene rings is 3. The van der Waals surface area contributed by atoms with Gasteiger partial charge in [0.25, 0.3) is 11.6 Å². The molecule has 6 atom stereocenters. The van der Waals surface area contributed by atoms with Crippen molar-refractivity contribution in [3.8, 4) is 11.6 Å². The number of piperidine rings is 1. The van der Waals surface area contributed by atoms with Crippen molar-refractivity contribution < 1.29 is 37.1 Å². The van der Waals surface area contributed by atoms with Gasteiger partial charge in [0.15, 0.2) is 11.4 Å². The van der Waals surface area contributed by atoms with Crippen LogP contribution in [0.1, 0.15) is 92.2 Å². The molecular formula is C53H61N9O9S. The number of fused-ring (bicyclic) bond motifs is 6. The van der Waals surface area contributed by atoms with Crippen molar-refractivity contribution in [1.29, 1.82) is 0 Å². The summed E-state index contributed by atoms with van der Waals surface area (Å²) >= 11 is 0. The first-order valence-electron chi connectivity index (χ1n) is 25.7. The van der Waals surface area contributed by atoms with Gasteiger partial charge in [-0.3, -0.25) is 24.7 Å². The molecule has 8 aliphatic rings. The number of anilines is 4. The minimum Gasteiger partial charge on any atom is -0.489 e. The van der Waals surface area contributed by atoms with E-state index in [-0.39, 0.29) is 81.8 Å². The number of nitrogens with zero attached hydrogens (tertiary/aromatic N) is 6. The van der Waals surface area contributed by atoms with E-state index in [1.165, 1.54) is 23.6 Å². The number of amides is 1. The Morgan fingerprint density at radius 3 is 2.60 bits per heavy atom. The molecule has 1 saturated carbocycles. The second-order valence-corrected chi connectivity index (χ2v) is 23.7. The van der Waals surface area contributed by atoms with Gasteiger partial charge in [0.1, 0.15) is 28.9 Å². The van der Waals surface area contributed by atoms with Crippen molar-refractivity contribution in [1.82, 2.24) is 19.8 Å². The maximum absolute atomic E-state index is 16.1. The van der Waals surface area contributed by atoms with Gasteiger partial charge in [0.2, 0.25) is 15.7 Å². The van der Waals surface area contributed by atoms with Gasteiger partial charge in [-0.05, 0) is 98.2 Å². The number of pyridine rings is 1. The third kappa shape index (κ3) is 7.51. The van der Waals surface area contributed by atoms with Crippen molar-refractivity contribution in [3.63, 3.8) is 0 Å². The van der Waals surface area contributed by atoms with E-state index in [4.69, 9.17) is 29.7 Å². The zero-order chi connectivity index (χ0) is 49.2. The highest BCUT2D eigenvalue weighted by atomic mass is 32.2. The van der Waals surface area contributed by atoms with Gasteiger partial charge in [0, 0.05) is 68.0 Å². The first-order chi connectivity index (χ1) is 34.8. The molecule has 72 heavy (non-hydrogen) atoms.